The molecule has 1 heterocycles. The Balaban J connectivity index is 1.70. The van der Waals surface area contributed by atoms with Crippen LogP contribution in [0.3, 0.4) is 0 Å². The van der Waals surface area contributed by atoms with Crippen LogP contribution in [-0.2, 0) is 0 Å². The molecule has 0 aliphatic carbocycles. The molecule has 1 fully saturated rings. The lowest BCUT2D eigenvalue weighted by atomic mass is 10.1. The van der Waals surface area contributed by atoms with Gasteiger partial charge in [-0.2, -0.15) is 0 Å². The average Bonchev–Trinajstić information content (AvgIpc) is 3.10. The van der Waals surface area contributed by atoms with Crippen LogP contribution in [0.4, 0.5) is 0 Å². The Morgan fingerprint density at radius 1 is 1.09 bits per heavy atom. The largest absolute Gasteiger partial charge is 0.350 e. The molecule has 0 bridgehead atoms. The summed E-state index contributed by atoms with van der Waals surface area (Å²) in [6, 6.07) is 18.5. The third-order valence-electron chi connectivity index (χ3n) is 4.50. The number of benzene rings is 2. The quantitative estimate of drug-likeness (QED) is 0.916. The predicted molar refractivity (Wildman–Crippen MR) is 93.5 cm³/mol. The number of likely N-dealkylation sites (tertiary alicyclic amines) is 1. The van der Waals surface area contributed by atoms with Crippen molar-refractivity contribution in [3.8, 4) is 0 Å². The average molecular weight is 308 g/mol. The van der Waals surface area contributed by atoms with Gasteiger partial charge in [-0.05, 0) is 50.6 Å². The van der Waals surface area contributed by atoms with E-state index >= 15 is 0 Å². The van der Waals surface area contributed by atoms with Crippen LogP contribution in [0.1, 0.15) is 40.4 Å². The van der Waals surface area contributed by atoms with Gasteiger partial charge in [0.1, 0.15) is 0 Å². The van der Waals surface area contributed by atoms with E-state index in [9.17, 15) is 4.79 Å². The van der Waals surface area contributed by atoms with Crippen LogP contribution in [0.2, 0.25) is 0 Å². The summed E-state index contributed by atoms with van der Waals surface area (Å²) >= 11 is 0. The summed E-state index contributed by atoms with van der Waals surface area (Å²) in [4.78, 5) is 14.9. The zero-order chi connectivity index (χ0) is 16.1. The first kappa shape index (κ1) is 15.8. The minimum absolute atomic E-state index is 0.00817. The monoisotopic (exact) mass is 308 g/mol. The molecule has 3 nitrogen and oxygen atoms in total. The molecule has 1 N–H and O–H groups in total. The van der Waals surface area contributed by atoms with E-state index in [4.69, 9.17) is 0 Å². The van der Waals surface area contributed by atoms with Crippen molar-refractivity contribution in [1.29, 1.82) is 0 Å². The van der Waals surface area contributed by atoms with Crippen molar-refractivity contribution < 1.29 is 4.79 Å². The highest BCUT2D eigenvalue weighted by molar-refractivity contribution is 5.94. The van der Waals surface area contributed by atoms with Crippen LogP contribution in [0.5, 0.6) is 0 Å². The SMILES string of the molecule is Cc1cccc(C(=O)NCC(c2ccccc2)N2CCCC2)c1. The first-order chi connectivity index (χ1) is 11.2. The van der Waals surface area contributed by atoms with Crippen LogP contribution in [-0.4, -0.2) is 30.4 Å². The summed E-state index contributed by atoms with van der Waals surface area (Å²) < 4.78 is 0. The second kappa shape index (κ2) is 7.42. The molecule has 1 aliphatic rings. The fourth-order valence-corrected chi connectivity index (χ4v) is 3.26. The molecule has 0 spiro atoms. The minimum atomic E-state index is 0.00817. The summed E-state index contributed by atoms with van der Waals surface area (Å²) in [6.07, 6.45) is 2.49. The van der Waals surface area contributed by atoms with Crippen LogP contribution in [0.25, 0.3) is 0 Å². The molecule has 120 valence electrons. The number of hydrogen-bond acceptors (Lipinski definition) is 2. The van der Waals surface area contributed by atoms with Crippen molar-refractivity contribution in [2.75, 3.05) is 19.6 Å². The Morgan fingerprint density at radius 3 is 2.52 bits per heavy atom. The first-order valence-corrected chi connectivity index (χ1v) is 8.38. The molecule has 0 aromatic heterocycles. The molecule has 1 unspecified atom stereocenters. The molecular weight excluding hydrogens is 284 g/mol. The highest BCUT2D eigenvalue weighted by atomic mass is 16.1. The van der Waals surface area contributed by atoms with E-state index in [2.05, 4.69) is 34.5 Å². The van der Waals surface area contributed by atoms with Crippen molar-refractivity contribution in [3.63, 3.8) is 0 Å². The summed E-state index contributed by atoms with van der Waals surface area (Å²) in [5.41, 5.74) is 3.12. The second-order valence-electron chi connectivity index (χ2n) is 6.25. The highest BCUT2D eigenvalue weighted by Gasteiger charge is 2.23. The van der Waals surface area contributed by atoms with E-state index in [1.54, 1.807) is 0 Å². The van der Waals surface area contributed by atoms with E-state index in [0.29, 0.717) is 6.54 Å². The van der Waals surface area contributed by atoms with E-state index in [1.165, 1.54) is 18.4 Å². The van der Waals surface area contributed by atoms with Gasteiger partial charge in [0.15, 0.2) is 0 Å². The number of nitrogens with zero attached hydrogens (tertiary/aromatic N) is 1. The van der Waals surface area contributed by atoms with Gasteiger partial charge in [0, 0.05) is 12.1 Å². The van der Waals surface area contributed by atoms with Crippen molar-refractivity contribution in [2.24, 2.45) is 0 Å². The Labute approximate surface area is 138 Å². The summed E-state index contributed by atoms with van der Waals surface area (Å²) in [5, 5.41) is 3.12. The predicted octanol–water partition coefficient (Wildman–Crippen LogP) is 3.56. The van der Waals surface area contributed by atoms with Gasteiger partial charge < -0.3 is 5.32 Å². The molecule has 23 heavy (non-hydrogen) atoms. The Kier molecular flexibility index (Phi) is 5.09. The van der Waals surface area contributed by atoms with Gasteiger partial charge in [-0.15, -0.1) is 0 Å². The van der Waals surface area contributed by atoms with Gasteiger partial charge in [-0.3, -0.25) is 9.69 Å². The molecule has 0 saturated carbocycles. The lowest BCUT2D eigenvalue weighted by Gasteiger charge is -2.28. The number of hydrogen-bond donors (Lipinski definition) is 1. The molecule has 3 heteroatoms. The third-order valence-corrected chi connectivity index (χ3v) is 4.50. The zero-order valence-electron chi connectivity index (χ0n) is 13.7. The van der Waals surface area contributed by atoms with Crippen LogP contribution >= 0.6 is 0 Å². The summed E-state index contributed by atoms with van der Waals surface area (Å²) in [5.74, 6) is 0.00817. The number of aryl methyl sites for hydroxylation is 1. The number of nitrogens with one attached hydrogen (secondary N) is 1. The molecule has 1 amide bonds. The molecule has 2 aromatic carbocycles. The maximum atomic E-state index is 12.4. The lowest BCUT2D eigenvalue weighted by Crippen LogP contribution is -2.36. The summed E-state index contributed by atoms with van der Waals surface area (Å²) in [7, 11) is 0. The molecule has 1 aliphatic heterocycles. The second-order valence-corrected chi connectivity index (χ2v) is 6.25. The highest BCUT2D eigenvalue weighted by Crippen LogP contribution is 2.24. The van der Waals surface area contributed by atoms with Gasteiger partial charge in [-0.25, -0.2) is 0 Å². The fourth-order valence-electron chi connectivity index (χ4n) is 3.26. The zero-order valence-corrected chi connectivity index (χ0v) is 13.7. The third kappa shape index (κ3) is 3.99. The van der Waals surface area contributed by atoms with E-state index in [-0.39, 0.29) is 11.9 Å². The number of amides is 1. The van der Waals surface area contributed by atoms with Crippen LogP contribution in [0, 0.1) is 6.92 Å². The lowest BCUT2D eigenvalue weighted by molar-refractivity contribution is 0.0938. The molecule has 1 atom stereocenters. The van der Waals surface area contributed by atoms with Crippen molar-refractivity contribution >= 4 is 5.91 Å². The van der Waals surface area contributed by atoms with Crippen molar-refractivity contribution in [1.82, 2.24) is 10.2 Å². The standard InChI is InChI=1S/C20H24N2O/c1-16-8-7-11-18(14-16)20(23)21-15-19(22-12-5-6-13-22)17-9-3-2-4-10-17/h2-4,7-11,14,19H,5-6,12-13,15H2,1H3,(H,21,23). The number of carbonyl (C=O) groups excluding carboxylic acids is 1. The minimum Gasteiger partial charge on any atom is -0.350 e. The first-order valence-electron chi connectivity index (χ1n) is 8.38. The van der Waals surface area contributed by atoms with Crippen LogP contribution in [0.15, 0.2) is 54.6 Å². The van der Waals surface area contributed by atoms with E-state index in [0.717, 1.165) is 24.2 Å². The van der Waals surface area contributed by atoms with E-state index < -0.39 is 0 Å². The Hall–Kier alpha value is -2.13. The Bertz CT molecular complexity index is 648. The van der Waals surface area contributed by atoms with Gasteiger partial charge in [0.05, 0.1) is 6.04 Å². The number of carbonyl (C=O) groups is 1. The van der Waals surface area contributed by atoms with E-state index in [1.807, 2.05) is 37.3 Å². The summed E-state index contributed by atoms with van der Waals surface area (Å²) in [6.45, 7) is 4.88. The molecule has 0 radical (unpaired) electrons. The van der Waals surface area contributed by atoms with Gasteiger partial charge in [-0.1, -0.05) is 48.0 Å². The molecule has 1 saturated heterocycles. The number of rotatable bonds is 5. The van der Waals surface area contributed by atoms with Gasteiger partial charge in [0.25, 0.3) is 5.91 Å². The maximum Gasteiger partial charge on any atom is 0.251 e. The fraction of sp³-hybridized carbons (Fsp3) is 0.350. The maximum absolute atomic E-state index is 12.4. The van der Waals surface area contributed by atoms with Crippen molar-refractivity contribution in [2.45, 2.75) is 25.8 Å². The Morgan fingerprint density at radius 2 is 1.83 bits per heavy atom. The normalized spacial score (nSPS) is 16.2. The molecule has 2 aromatic rings. The van der Waals surface area contributed by atoms with Crippen LogP contribution < -0.4 is 5.32 Å². The molecular formula is C20H24N2O. The van der Waals surface area contributed by atoms with Gasteiger partial charge >= 0.3 is 0 Å². The van der Waals surface area contributed by atoms with Crippen molar-refractivity contribution in [3.05, 3.63) is 71.3 Å². The topological polar surface area (TPSA) is 32.3 Å². The smallest absolute Gasteiger partial charge is 0.251 e. The molecule has 3 rings (SSSR count). The van der Waals surface area contributed by atoms with Gasteiger partial charge in [0.2, 0.25) is 0 Å².